The van der Waals surface area contributed by atoms with Crippen molar-refractivity contribution in [3.05, 3.63) is 48.2 Å². The van der Waals surface area contributed by atoms with Crippen molar-refractivity contribution in [2.75, 3.05) is 10.6 Å². The van der Waals surface area contributed by atoms with Gasteiger partial charge in [0.25, 0.3) is 0 Å². The first kappa shape index (κ1) is 17.8. The van der Waals surface area contributed by atoms with Gasteiger partial charge in [-0.1, -0.05) is 6.07 Å². The van der Waals surface area contributed by atoms with Gasteiger partial charge in [0.15, 0.2) is 5.76 Å². The fourth-order valence-corrected chi connectivity index (χ4v) is 2.90. The van der Waals surface area contributed by atoms with E-state index in [-0.39, 0.29) is 23.9 Å². The largest absolute Gasteiger partial charge is 0.461 e. The van der Waals surface area contributed by atoms with Gasteiger partial charge < -0.3 is 9.73 Å². The third-order valence-electron chi connectivity index (χ3n) is 4.14. The number of rotatable bonds is 3. The van der Waals surface area contributed by atoms with Crippen LogP contribution in [0.3, 0.4) is 0 Å². The molecule has 0 spiro atoms. The van der Waals surface area contributed by atoms with Crippen molar-refractivity contribution < 1.29 is 27.2 Å². The van der Waals surface area contributed by atoms with Gasteiger partial charge in [-0.2, -0.15) is 13.2 Å². The lowest BCUT2D eigenvalue weighted by atomic mass is 10.1. The Hall–Kier alpha value is -3.63. The number of benzene rings is 1. The van der Waals surface area contributed by atoms with Gasteiger partial charge in [-0.05, 0) is 30.3 Å². The van der Waals surface area contributed by atoms with Crippen LogP contribution in [0.15, 0.2) is 47.1 Å². The molecule has 2 amide bonds. The summed E-state index contributed by atoms with van der Waals surface area (Å²) < 4.78 is 45.3. The Labute approximate surface area is 155 Å². The molecule has 0 saturated heterocycles. The predicted octanol–water partition coefficient (Wildman–Crippen LogP) is 3.08. The van der Waals surface area contributed by atoms with Gasteiger partial charge in [0, 0.05) is 5.69 Å². The quantitative estimate of drug-likeness (QED) is 0.714. The van der Waals surface area contributed by atoms with E-state index in [1.807, 2.05) is 0 Å². The summed E-state index contributed by atoms with van der Waals surface area (Å²) >= 11 is 0. The van der Waals surface area contributed by atoms with E-state index in [1.54, 1.807) is 12.1 Å². The molecule has 11 heteroatoms. The number of carbonyl (C=O) groups is 2. The van der Waals surface area contributed by atoms with Gasteiger partial charge in [0.05, 0.1) is 18.2 Å². The molecule has 1 unspecified atom stereocenters. The molecule has 1 aromatic carbocycles. The van der Waals surface area contributed by atoms with Crippen LogP contribution < -0.4 is 10.6 Å². The normalized spacial score (nSPS) is 16.4. The number of alkyl halides is 3. The Bertz CT molecular complexity index is 1040. The smallest absolute Gasteiger partial charge is 0.416 e. The van der Waals surface area contributed by atoms with Gasteiger partial charge in [0.2, 0.25) is 23.6 Å². The van der Waals surface area contributed by atoms with E-state index >= 15 is 0 Å². The fraction of sp³-hybridized carbons (Fsp3) is 0.176. The molecule has 1 atom stereocenters. The van der Waals surface area contributed by atoms with Crippen LogP contribution in [-0.2, 0) is 15.8 Å². The molecular formula is C17H12F3N5O3. The highest BCUT2D eigenvalue weighted by atomic mass is 19.4. The molecular weight excluding hydrogens is 379 g/mol. The lowest BCUT2D eigenvalue weighted by Crippen LogP contribution is -2.35. The second kappa shape index (κ2) is 6.51. The monoisotopic (exact) mass is 391 g/mol. The Kier molecular flexibility index (Phi) is 4.13. The number of nitrogens with zero attached hydrogens (tertiary/aromatic N) is 3. The lowest BCUT2D eigenvalue weighted by Gasteiger charge is -2.24. The number of hydrogen-bond donors (Lipinski definition) is 2. The summed E-state index contributed by atoms with van der Waals surface area (Å²) in [5.41, 5.74) is -0.937. The highest BCUT2D eigenvalue weighted by Gasteiger charge is 2.35. The molecule has 0 saturated carbocycles. The lowest BCUT2D eigenvalue weighted by molar-refractivity contribution is -0.137. The van der Waals surface area contributed by atoms with E-state index in [4.69, 9.17) is 4.42 Å². The number of nitrogens with one attached hydrogen (secondary N) is 2. The summed E-state index contributed by atoms with van der Waals surface area (Å²) in [5, 5.41) is 12.7. The predicted molar refractivity (Wildman–Crippen MR) is 90.1 cm³/mol. The summed E-state index contributed by atoms with van der Waals surface area (Å²) in [4.78, 5) is 24.7. The third kappa shape index (κ3) is 3.21. The molecule has 4 rings (SSSR count). The molecule has 0 aliphatic carbocycles. The van der Waals surface area contributed by atoms with Crippen LogP contribution in [0.1, 0.15) is 18.0 Å². The van der Waals surface area contributed by atoms with Crippen molar-refractivity contribution in [1.29, 1.82) is 0 Å². The van der Waals surface area contributed by atoms with Crippen LogP contribution >= 0.6 is 0 Å². The van der Waals surface area contributed by atoms with Crippen LogP contribution in [-0.4, -0.2) is 26.6 Å². The average Bonchev–Trinajstić information content (AvgIpc) is 3.29. The third-order valence-corrected chi connectivity index (χ3v) is 4.14. The van der Waals surface area contributed by atoms with Gasteiger partial charge in [-0.15, -0.1) is 10.2 Å². The zero-order chi connectivity index (χ0) is 19.9. The second-order valence-corrected chi connectivity index (χ2v) is 6.03. The fourth-order valence-electron chi connectivity index (χ4n) is 2.90. The Morgan fingerprint density at radius 2 is 2.07 bits per heavy atom. The molecule has 3 aromatic rings. The van der Waals surface area contributed by atoms with Gasteiger partial charge in [-0.3, -0.25) is 19.5 Å². The van der Waals surface area contributed by atoms with Crippen LogP contribution in [0.5, 0.6) is 0 Å². The molecule has 144 valence electrons. The molecule has 28 heavy (non-hydrogen) atoms. The summed E-state index contributed by atoms with van der Waals surface area (Å²) in [6.07, 6.45) is -3.36. The maximum absolute atomic E-state index is 12.9. The zero-order valence-electron chi connectivity index (χ0n) is 14.0. The van der Waals surface area contributed by atoms with E-state index in [2.05, 4.69) is 20.8 Å². The number of anilines is 2. The topological polar surface area (TPSA) is 102 Å². The summed E-state index contributed by atoms with van der Waals surface area (Å²) in [6.45, 7) is 0. The van der Waals surface area contributed by atoms with Crippen molar-refractivity contribution >= 4 is 23.5 Å². The highest BCUT2D eigenvalue weighted by molar-refractivity contribution is 6.01. The van der Waals surface area contributed by atoms with Crippen molar-refractivity contribution in [2.45, 2.75) is 18.6 Å². The Balaban J connectivity index is 1.66. The minimum Gasteiger partial charge on any atom is -0.461 e. The number of amides is 2. The first-order valence-electron chi connectivity index (χ1n) is 8.09. The van der Waals surface area contributed by atoms with E-state index in [0.29, 0.717) is 5.76 Å². The van der Waals surface area contributed by atoms with Crippen LogP contribution in [0.4, 0.5) is 24.8 Å². The van der Waals surface area contributed by atoms with Crippen molar-refractivity contribution in [3.8, 4) is 11.6 Å². The SMILES string of the molecule is O=C1CC(C(=O)Nc2cccc(C(F)(F)F)c2)n2c(nnc2-c2ccco2)N1. The van der Waals surface area contributed by atoms with E-state index in [9.17, 15) is 22.8 Å². The molecule has 1 aliphatic rings. The van der Waals surface area contributed by atoms with E-state index in [0.717, 1.165) is 12.1 Å². The van der Waals surface area contributed by atoms with Gasteiger partial charge >= 0.3 is 6.18 Å². The summed E-state index contributed by atoms with van der Waals surface area (Å²) in [6, 6.07) is 6.40. The van der Waals surface area contributed by atoms with Gasteiger partial charge in [-0.25, -0.2) is 0 Å². The number of carbonyl (C=O) groups excluding carboxylic acids is 2. The Morgan fingerprint density at radius 1 is 1.25 bits per heavy atom. The molecule has 1 aliphatic heterocycles. The molecule has 0 bridgehead atoms. The first-order valence-corrected chi connectivity index (χ1v) is 8.09. The van der Waals surface area contributed by atoms with Crippen molar-refractivity contribution in [1.82, 2.24) is 14.8 Å². The Morgan fingerprint density at radius 3 is 2.79 bits per heavy atom. The maximum Gasteiger partial charge on any atom is 0.416 e. The summed E-state index contributed by atoms with van der Waals surface area (Å²) in [5.74, 6) is -0.555. The van der Waals surface area contributed by atoms with Gasteiger partial charge in [0.1, 0.15) is 6.04 Å². The number of furan rings is 1. The number of fused-ring (bicyclic) bond motifs is 1. The van der Waals surface area contributed by atoms with Crippen molar-refractivity contribution in [2.24, 2.45) is 0 Å². The molecule has 0 fully saturated rings. The molecule has 8 nitrogen and oxygen atoms in total. The standard InChI is InChI=1S/C17H12F3N5O3/c18-17(19,20)9-3-1-4-10(7-9)21-15(27)11-8-13(26)22-16-24-23-14(25(11)16)12-5-2-6-28-12/h1-7,11H,8H2,(H,21,27)(H,22,24,26). The molecule has 0 radical (unpaired) electrons. The number of aromatic nitrogens is 3. The maximum atomic E-state index is 12.9. The number of halogens is 3. The minimum atomic E-state index is -4.54. The van der Waals surface area contributed by atoms with Crippen LogP contribution in [0.25, 0.3) is 11.6 Å². The average molecular weight is 391 g/mol. The number of hydrogen-bond acceptors (Lipinski definition) is 5. The van der Waals surface area contributed by atoms with E-state index in [1.165, 1.54) is 23.0 Å². The molecule has 3 heterocycles. The highest BCUT2D eigenvalue weighted by Crippen LogP contribution is 2.33. The molecule has 2 aromatic heterocycles. The molecule has 2 N–H and O–H groups in total. The van der Waals surface area contributed by atoms with Crippen molar-refractivity contribution in [3.63, 3.8) is 0 Å². The minimum absolute atomic E-state index is 0.0417. The van der Waals surface area contributed by atoms with Crippen LogP contribution in [0, 0.1) is 0 Å². The summed E-state index contributed by atoms with van der Waals surface area (Å²) in [7, 11) is 0. The first-order chi connectivity index (χ1) is 13.3. The van der Waals surface area contributed by atoms with Crippen LogP contribution in [0.2, 0.25) is 0 Å². The van der Waals surface area contributed by atoms with E-state index < -0.39 is 29.6 Å². The zero-order valence-corrected chi connectivity index (χ0v) is 14.0. The second-order valence-electron chi connectivity index (χ2n) is 6.03.